The number of aryl methyl sites for hydroxylation is 2. The lowest BCUT2D eigenvalue weighted by molar-refractivity contribution is 0.0949. The highest BCUT2D eigenvalue weighted by atomic mass is 35.5. The van der Waals surface area contributed by atoms with Crippen LogP contribution >= 0.6 is 23.2 Å². The second-order valence-electron chi connectivity index (χ2n) is 5.97. The van der Waals surface area contributed by atoms with Gasteiger partial charge in [0.1, 0.15) is 5.69 Å². The number of amides is 1. The van der Waals surface area contributed by atoms with Gasteiger partial charge in [-0.05, 0) is 56.2 Å². The van der Waals surface area contributed by atoms with E-state index in [9.17, 15) is 4.79 Å². The Morgan fingerprint density at radius 3 is 2.65 bits per heavy atom. The van der Waals surface area contributed by atoms with Crippen LogP contribution in [0.2, 0.25) is 10.0 Å². The van der Waals surface area contributed by atoms with Gasteiger partial charge in [0.15, 0.2) is 5.82 Å². The van der Waals surface area contributed by atoms with Crippen LogP contribution in [0.3, 0.4) is 0 Å². The van der Waals surface area contributed by atoms with E-state index in [2.05, 4.69) is 15.4 Å². The summed E-state index contributed by atoms with van der Waals surface area (Å²) in [6.45, 7) is 4.30. The molecule has 2 heterocycles. The lowest BCUT2D eigenvalue weighted by Gasteiger charge is -2.09. The standard InChI is InChI=1S/C19H18Cl2N4O/c1-12-10-13(2)25(24-12)17-7-6-16(21)18(23-17)19(26)22-9-8-14-4-3-5-15(20)11-14/h3-7,10-11H,8-9H2,1-2H3,(H,22,26). The van der Waals surface area contributed by atoms with Crippen molar-refractivity contribution in [1.82, 2.24) is 20.1 Å². The van der Waals surface area contributed by atoms with Gasteiger partial charge >= 0.3 is 0 Å². The Bertz CT molecular complexity index is 952. The summed E-state index contributed by atoms with van der Waals surface area (Å²) in [4.78, 5) is 16.9. The van der Waals surface area contributed by atoms with E-state index in [4.69, 9.17) is 23.2 Å². The molecule has 3 aromatic rings. The molecule has 0 radical (unpaired) electrons. The fraction of sp³-hybridized carbons (Fsp3) is 0.211. The Hall–Kier alpha value is -2.37. The molecular weight excluding hydrogens is 371 g/mol. The third-order valence-corrected chi connectivity index (χ3v) is 4.40. The predicted molar refractivity (Wildman–Crippen MR) is 103 cm³/mol. The van der Waals surface area contributed by atoms with Crippen LogP contribution in [0.4, 0.5) is 0 Å². The Morgan fingerprint density at radius 2 is 1.96 bits per heavy atom. The monoisotopic (exact) mass is 388 g/mol. The maximum atomic E-state index is 12.5. The summed E-state index contributed by atoms with van der Waals surface area (Å²) in [6.07, 6.45) is 0.668. The first-order chi connectivity index (χ1) is 12.4. The molecule has 0 unspecified atom stereocenters. The lowest BCUT2D eigenvalue weighted by atomic mass is 10.1. The van der Waals surface area contributed by atoms with Crippen LogP contribution in [0.15, 0.2) is 42.5 Å². The van der Waals surface area contributed by atoms with E-state index in [0.717, 1.165) is 17.0 Å². The van der Waals surface area contributed by atoms with Crippen LogP contribution in [-0.2, 0) is 6.42 Å². The highest BCUT2D eigenvalue weighted by Gasteiger charge is 2.15. The second-order valence-corrected chi connectivity index (χ2v) is 6.82. The quantitative estimate of drug-likeness (QED) is 0.713. The number of carbonyl (C=O) groups excluding carboxylic acids is 1. The summed E-state index contributed by atoms with van der Waals surface area (Å²) in [7, 11) is 0. The average Bonchev–Trinajstić information content (AvgIpc) is 2.93. The third kappa shape index (κ3) is 4.23. The first-order valence-corrected chi connectivity index (χ1v) is 8.92. The molecule has 5 nitrogen and oxygen atoms in total. The molecule has 0 atom stereocenters. The van der Waals surface area contributed by atoms with Gasteiger partial charge in [-0.15, -0.1) is 0 Å². The Kier molecular flexibility index (Phi) is 5.59. The van der Waals surface area contributed by atoms with Gasteiger partial charge in [0.05, 0.1) is 10.7 Å². The molecule has 0 saturated heterocycles. The molecule has 7 heteroatoms. The normalized spacial score (nSPS) is 10.8. The average molecular weight is 389 g/mol. The number of rotatable bonds is 5. The van der Waals surface area contributed by atoms with Gasteiger partial charge in [0.25, 0.3) is 5.91 Å². The highest BCUT2D eigenvalue weighted by molar-refractivity contribution is 6.33. The zero-order valence-electron chi connectivity index (χ0n) is 14.5. The van der Waals surface area contributed by atoms with E-state index in [1.165, 1.54) is 0 Å². The number of pyridine rings is 1. The van der Waals surface area contributed by atoms with E-state index in [1.807, 2.05) is 44.2 Å². The van der Waals surface area contributed by atoms with Crippen LogP contribution in [0.5, 0.6) is 0 Å². The summed E-state index contributed by atoms with van der Waals surface area (Å²) in [5.74, 6) is 0.236. The molecule has 2 aromatic heterocycles. The molecule has 0 aliphatic rings. The maximum absolute atomic E-state index is 12.5. The number of nitrogens with zero attached hydrogens (tertiary/aromatic N) is 3. The van der Waals surface area contributed by atoms with E-state index in [1.54, 1.807) is 16.8 Å². The molecule has 3 rings (SSSR count). The molecule has 1 aromatic carbocycles. The van der Waals surface area contributed by atoms with Crippen LogP contribution in [0.1, 0.15) is 27.4 Å². The molecule has 0 bridgehead atoms. The maximum Gasteiger partial charge on any atom is 0.271 e. The largest absolute Gasteiger partial charge is 0.350 e. The molecular formula is C19H18Cl2N4O. The van der Waals surface area contributed by atoms with Crippen LogP contribution < -0.4 is 5.32 Å². The predicted octanol–water partition coefficient (Wildman–Crippen LogP) is 4.16. The molecule has 0 spiro atoms. The number of nitrogens with one attached hydrogen (secondary N) is 1. The first kappa shape index (κ1) is 18.4. The van der Waals surface area contributed by atoms with Crippen molar-refractivity contribution in [3.8, 4) is 5.82 Å². The van der Waals surface area contributed by atoms with Crippen LogP contribution in [0, 0.1) is 13.8 Å². The van der Waals surface area contributed by atoms with Crippen LogP contribution in [0.25, 0.3) is 5.82 Å². The minimum absolute atomic E-state index is 0.183. The van der Waals surface area contributed by atoms with E-state index in [0.29, 0.717) is 28.8 Å². The molecule has 0 aliphatic heterocycles. The first-order valence-electron chi connectivity index (χ1n) is 8.17. The molecule has 0 fully saturated rings. The Morgan fingerprint density at radius 1 is 1.15 bits per heavy atom. The summed E-state index contributed by atoms with van der Waals surface area (Å²) in [5, 5.41) is 8.21. The zero-order chi connectivity index (χ0) is 18.7. The number of carbonyl (C=O) groups is 1. The van der Waals surface area contributed by atoms with Gasteiger partial charge in [0, 0.05) is 17.3 Å². The number of hydrogen-bond acceptors (Lipinski definition) is 3. The van der Waals surface area contributed by atoms with Crippen molar-refractivity contribution in [2.24, 2.45) is 0 Å². The van der Waals surface area contributed by atoms with Crippen molar-refractivity contribution in [3.05, 3.63) is 75.2 Å². The fourth-order valence-corrected chi connectivity index (χ4v) is 3.07. The summed E-state index contributed by atoms with van der Waals surface area (Å²) < 4.78 is 1.69. The third-order valence-electron chi connectivity index (χ3n) is 3.86. The van der Waals surface area contributed by atoms with E-state index < -0.39 is 0 Å². The molecule has 1 amide bonds. The summed E-state index contributed by atoms with van der Waals surface area (Å²) in [6, 6.07) is 12.9. The van der Waals surface area contributed by atoms with Gasteiger partial charge in [-0.3, -0.25) is 4.79 Å². The van der Waals surface area contributed by atoms with Crippen LogP contribution in [-0.4, -0.2) is 27.2 Å². The molecule has 0 saturated carbocycles. The van der Waals surface area contributed by atoms with Crippen molar-refractivity contribution in [3.63, 3.8) is 0 Å². The van der Waals surface area contributed by atoms with Crippen molar-refractivity contribution >= 4 is 29.1 Å². The van der Waals surface area contributed by atoms with Gasteiger partial charge in [-0.2, -0.15) is 5.10 Å². The van der Waals surface area contributed by atoms with Crippen molar-refractivity contribution in [2.75, 3.05) is 6.54 Å². The van der Waals surface area contributed by atoms with Gasteiger partial charge in [-0.25, -0.2) is 9.67 Å². The number of hydrogen-bond donors (Lipinski definition) is 1. The topological polar surface area (TPSA) is 59.8 Å². The number of benzene rings is 1. The van der Waals surface area contributed by atoms with E-state index in [-0.39, 0.29) is 11.6 Å². The molecule has 1 N–H and O–H groups in total. The lowest BCUT2D eigenvalue weighted by Crippen LogP contribution is -2.27. The molecule has 0 aliphatic carbocycles. The highest BCUT2D eigenvalue weighted by Crippen LogP contribution is 2.18. The van der Waals surface area contributed by atoms with Crippen molar-refractivity contribution in [2.45, 2.75) is 20.3 Å². The van der Waals surface area contributed by atoms with Crippen molar-refractivity contribution < 1.29 is 4.79 Å². The van der Waals surface area contributed by atoms with Crippen molar-refractivity contribution in [1.29, 1.82) is 0 Å². The van der Waals surface area contributed by atoms with E-state index >= 15 is 0 Å². The fourth-order valence-electron chi connectivity index (χ4n) is 2.67. The summed E-state index contributed by atoms with van der Waals surface area (Å²) in [5.41, 5.74) is 3.05. The number of halogens is 2. The SMILES string of the molecule is Cc1cc(C)n(-c2ccc(Cl)c(C(=O)NCCc3cccc(Cl)c3)n2)n1. The minimum atomic E-state index is -0.319. The molecule has 134 valence electrons. The number of aromatic nitrogens is 3. The van der Waals surface area contributed by atoms with Gasteiger partial charge in [0.2, 0.25) is 0 Å². The zero-order valence-corrected chi connectivity index (χ0v) is 16.0. The van der Waals surface area contributed by atoms with Gasteiger partial charge in [-0.1, -0.05) is 35.3 Å². The Balaban J connectivity index is 1.72. The second kappa shape index (κ2) is 7.89. The minimum Gasteiger partial charge on any atom is -0.350 e. The molecule has 26 heavy (non-hydrogen) atoms. The Labute approximate surface area is 162 Å². The van der Waals surface area contributed by atoms with Gasteiger partial charge < -0.3 is 5.32 Å². The summed E-state index contributed by atoms with van der Waals surface area (Å²) >= 11 is 12.1. The smallest absolute Gasteiger partial charge is 0.271 e.